The number of halogens is 5. The number of aryl methyl sites for hydroxylation is 1. The Morgan fingerprint density at radius 2 is 1.36 bits per heavy atom. The number of rotatable bonds is 10. The molecule has 5 rings (SSSR count). The Hall–Kier alpha value is -2.19. The van der Waals surface area contributed by atoms with Crippen molar-refractivity contribution in [3.05, 3.63) is 65.0 Å². The van der Waals surface area contributed by atoms with Crippen molar-refractivity contribution in [2.75, 3.05) is 13.2 Å². The van der Waals surface area contributed by atoms with E-state index in [4.69, 9.17) is 9.47 Å². The molecule has 1 heterocycles. The molecule has 3 aliphatic rings. The summed E-state index contributed by atoms with van der Waals surface area (Å²) in [6.45, 7) is 3.50. The molecule has 0 atom stereocenters. The fourth-order valence-corrected chi connectivity index (χ4v) is 7.10. The van der Waals surface area contributed by atoms with Crippen LogP contribution in [0, 0.1) is 41.1 Å². The molecule has 1 aliphatic heterocycles. The van der Waals surface area contributed by atoms with Gasteiger partial charge in [-0.1, -0.05) is 44.0 Å². The normalized spacial score (nSPS) is 28.9. The van der Waals surface area contributed by atoms with E-state index in [0.717, 1.165) is 19.3 Å². The fourth-order valence-electron chi connectivity index (χ4n) is 7.10. The van der Waals surface area contributed by atoms with Crippen LogP contribution in [0.25, 0.3) is 0 Å². The van der Waals surface area contributed by atoms with Gasteiger partial charge in [0.15, 0.2) is 23.7 Å². The predicted octanol–water partition coefficient (Wildman–Crippen LogP) is 9.58. The third-order valence-electron chi connectivity index (χ3n) is 9.75. The summed E-state index contributed by atoms with van der Waals surface area (Å²) in [5, 5.41) is 0. The molecule has 2 aromatic rings. The molecule has 0 unspecified atom stereocenters. The summed E-state index contributed by atoms with van der Waals surface area (Å²) in [7, 11) is 0. The van der Waals surface area contributed by atoms with Gasteiger partial charge < -0.3 is 14.2 Å². The van der Waals surface area contributed by atoms with Gasteiger partial charge in [-0.25, -0.2) is 13.2 Å². The average Bonchev–Trinajstić information content (AvgIpc) is 3.00. The lowest BCUT2D eigenvalue weighted by atomic mass is 9.74. The molecule has 0 bridgehead atoms. The maximum absolute atomic E-state index is 14.8. The Morgan fingerprint density at radius 1 is 0.762 bits per heavy atom. The highest BCUT2D eigenvalue weighted by atomic mass is 19.3. The molecule has 1 saturated heterocycles. The second-order valence-electron chi connectivity index (χ2n) is 12.6. The number of unbranched alkanes of at least 4 members (excludes halogenated alkanes) is 2. The number of ether oxygens (including phenoxy) is 3. The minimum absolute atomic E-state index is 0.0133. The molecule has 2 aliphatic carbocycles. The first kappa shape index (κ1) is 31.2. The topological polar surface area (TPSA) is 27.7 Å². The van der Waals surface area contributed by atoms with E-state index in [1.807, 2.05) is 0 Å². The summed E-state index contributed by atoms with van der Waals surface area (Å²) in [6.07, 6.45) is 6.88. The van der Waals surface area contributed by atoms with Crippen LogP contribution in [-0.4, -0.2) is 25.6 Å². The third-order valence-corrected chi connectivity index (χ3v) is 9.75. The van der Waals surface area contributed by atoms with Crippen molar-refractivity contribution in [1.29, 1.82) is 0 Å². The first-order chi connectivity index (χ1) is 20.2. The van der Waals surface area contributed by atoms with Crippen molar-refractivity contribution in [2.24, 2.45) is 23.7 Å². The Labute approximate surface area is 246 Å². The molecular formula is C34H43F5O3. The van der Waals surface area contributed by atoms with Crippen LogP contribution in [0.4, 0.5) is 22.0 Å². The van der Waals surface area contributed by atoms with Crippen LogP contribution in [0.15, 0.2) is 36.4 Å². The summed E-state index contributed by atoms with van der Waals surface area (Å²) in [5.74, 6) is -5.14. The number of alkyl halides is 2. The van der Waals surface area contributed by atoms with E-state index in [-0.39, 0.29) is 18.8 Å². The van der Waals surface area contributed by atoms with Gasteiger partial charge in [-0.15, -0.1) is 0 Å². The molecule has 0 N–H and O–H groups in total. The van der Waals surface area contributed by atoms with Gasteiger partial charge in [-0.3, -0.25) is 0 Å². The van der Waals surface area contributed by atoms with Gasteiger partial charge in [-0.05, 0) is 87.2 Å². The average molecular weight is 595 g/mol. The highest BCUT2D eigenvalue weighted by Gasteiger charge is 2.46. The Kier molecular flexibility index (Phi) is 10.5. The van der Waals surface area contributed by atoms with Crippen LogP contribution in [0.2, 0.25) is 0 Å². The van der Waals surface area contributed by atoms with E-state index < -0.39 is 41.5 Å². The predicted molar refractivity (Wildman–Crippen MR) is 151 cm³/mol. The first-order valence-corrected chi connectivity index (χ1v) is 15.8. The lowest BCUT2D eigenvalue weighted by Crippen LogP contribution is -2.43. The zero-order valence-corrected chi connectivity index (χ0v) is 24.4. The van der Waals surface area contributed by atoms with Crippen molar-refractivity contribution in [2.45, 2.75) is 102 Å². The summed E-state index contributed by atoms with van der Waals surface area (Å²) >= 11 is 0. The number of hydrogen-bond donors (Lipinski definition) is 0. The number of benzene rings is 2. The smallest absolute Gasteiger partial charge is 0.400 e. The molecule has 0 radical (unpaired) electrons. The standard InChI is InChI=1S/C34H43F5O3/c1-2-3-4-5-22-6-8-23(9-7-22)24-10-12-25(13-11-24)27-20-40-33(41-21-27)26-14-16-28(17-15-26)34(38,39)42-29-18-30(35)32(37)31(36)19-29/h6-9,18-19,24-28,33H,2-5,10-17,20-21H2,1H3. The van der Waals surface area contributed by atoms with Crippen LogP contribution in [0.5, 0.6) is 5.75 Å². The minimum Gasteiger partial charge on any atom is -0.432 e. The quantitative estimate of drug-likeness (QED) is 0.156. The molecule has 232 valence electrons. The van der Waals surface area contributed by atoms with Gasteiger partial charge in [0.05, 0.1) is 19.1 Å². The fraction of sp³-hybridized carbons (Fsp3) is 0.647. The Balaban J connectivity index is 1.03. The van der Waals surface area contributed by atoms with Gasteiger partial charge in [0, 0.05) is 24.0 Å². The molecule has 2 aromatic carbocycles. The molecule has 42 heavy (non-hydrogen) atoms. The molecule has 0 spiro atoms. The highest BCUT2D eigenvalue weighted by molar-refractivity contribution is 5.26. The zero-order chi connectivity index (χ0) is 29.7. The van der Waals surface area contributed by atoms with E-state index >= 15 is 0 Å². The van der Waals surface area contributed by atoms with Crippen molar-refractivity contribution >= 4 is 0 Å². The van der Waals surface area contributed by atoms with Gasteiger partial charge >= 0.3 is 6.11 Å². The van der Waals surface area contributed by atoms with Crippen LogP contribution in [0.3, 0.4) is 0 Å². The zero-order valence-electron chi connectivity index (χ0n) is 24.4. The molecular weight excluding hydrogens is 551 g/mol. The van der Waals surface area contributed by atoms with E-state index in [1.165, 1.54) is 43.2 Å². The lowest BCUT2D eigenvalue weighted by molar-refractivity contribution is -0.251. The highest BCUT2D eigenvalue weighted by Crippen LogP contribution is 2.44. The van der Waals surface area contributed by atoms with E-state index in [0.29, 0.717) is 55.9 Å². The van der Waals surface area contributed by atoms with Gasteiger partial charge in [0.1, 0.15) is 5.75 Å². The maximum atomic E-state index is 14.8. The number of hydrogen-bond acceptors (Lipinski definition) is 3. The van der Waals surface area contributed by atoms with Crippen LogP contribution in [-0.2, 0) is 15.9 Å². The van der Waals surface area contributed by atoms with E-state index in [9.17, 15) is 22.0 Å². The summed E-state index contributed by atoms with van der Waals surface area (Å²) in [6, 6.07) is 10.1. The summed E-state index contributed by atoms with van der Waals surface area (Å²) in [4.78, 5) is 0. The second kappa shape index (κ2) is 14.1. The molecule has 2 saturated carbocycles. The molecule has 0 aromatic heterocycles. The monoisotopic (exact) mass is 594 g/mol. The van der Waals surface area contributed by atoms with Crippen molar-refractivity contribution in [3.8, 4) is 5.75 Å². The summed E-state index contributed by atoms with van der Waals surface area (Å²) in [5.41, 5.74) is 2.88. The van der Waals surface area contributed by atoms with Crippen molar-refractivity contribution < 1.29 is 36.2 Å². The minimum atomic E-state index is -3.63. The largest absolute Gasteiger partial charge is 0.432 e. The second-order valence-corrected chi connectivity index (χ2v) is 12.6. The Morgan fingerprint density at radius 3 is 1.95 bits per heavy atom. The van der Waals surface area contributed by atoms with E-state index in [1.54, 1.807) is 0 Å². The third kappa shape index (κ3) is 7.65. The maximum Gasteiger partial charge on any atom is 0.400 e. The molecule has 8 heteroatoms. The van der Waals surface area contributed by atoms with Gasteiger partial charge in [0.25, 0.3) is 0 Å². The summed E-state index contributed by atoms with van der Waals surface area (Å²) < 4.78 is 86.5. The molecule has 3 fully saturated rings. The van der Waals surface area contributed by atoms with Crippen LogP contribution < -0.4 is 4.74 Å². The first-order valence-electron chi connectivity index (χ1n) is 15.8. The van der Waals surface area contributed by atoms with Crippen LogP contribution in [0.1, 0.15) is 94.6 Å². The Bertz CT molecular complexity index is 1110. The molecule has 0 amide bonds. The lowest BCUT2D eigenvalue weighted by Gasteiger charge is -2.41. The SMILES string of the molecule is CCCCCc1ccc(C2CCC(C3COC(C4CCC(C(F)(F)Oc5cc(F)c(F)c(F)c5)CC4)OC3)CC2)cc1. The van der Waals surface area contributed by atoms with Crippen LogP contribution >= 0.6 is 0 Å². The van der Waals surface area contributed by atoms with Gasteiger partial charge in [0.2, 0.25) is 0 Å². The van der Waals surface area contributed by atoms with E-state index in [2.05, 4.69) is 35.9 Å². The van der Waals surface area contributed by atoms with Gasteiger partial charge in [-0.2, -0.15) is 8.78 Å². The van der Waals surface area contributed by atoms with Crippen molar-refractivity contribution in [3.63, 3.8) is 0 Å². The molecule has 3 nitrogen and oxygen atoms in total. The van der Waals surface area contributed by atoms with Crippen molar-refractivity contribution in [1.82, 2.24) is 0 Å².